The molecule has 2 atom stereocenters. The maximum atomic E-state index is 10.8. The summed E-state index contributed by atoms with van der Waals surface area (Å²) in [6.07, 6.45) is 1.72. The fourth-order valence-corrected chi connectivity index (χ4v) is 1.73. The summed E-state index contributed by atoms with van der Waals surface area (Å²) >= 11 is 0. The number of aromatic carboxylic acids is 1. The molecule has 1 aromatic rings. The molecule has 18 heavy (non-hydrogen) atoms. The number of nitrogens with zero attached hydrogens (tertiary/aromatic N) is 1. The summed E-state index contributed by atoms with van der Waals surface area (Å²) in [7, 11) is 0. The number of aliphatic hydroxyl groups excluding tert-OH is 1. The van der Waals surface area contributed by atoms with Gasteiger partial charge < -0.3 is 15.5 Å². The molecule has 0 spiro atoms. The second kappa shape index (κ2) is 6.96. The van der Waals surface area contributed by atoms with Gasteiger partial charge in [-0.1, -0.05) is 19.9 Å². The van der Waals surface area contributed by atoms with Crippen molar-refractivity contribution in [1.82, 2.24) is 4.98 Å². The Morgan fingerprint density at radius 1 is 1.50 bits per heavy atom. The van der Waals surface area contributed by atoms with Crippen LogP contribution >= 0.6 is 0 Å². The van der Waals surface area contributed by atoms with Gasteiger partial charge in [0.1, 0.15) is 5.82 Å². The van der Waals surface area contributed by atoms with Crippen LogP contribution in [0.4, 0.5) is 5.82 Å². The van der Waals surface area contributed by atoms with Crippen molar-refractivity contribution >= 4 is 11.8 Å². The Hall–Kier alpha value is -1.62. The number of carbonyl (C=O) groups is 1. The van der Waals surface area contributed by atoms with Gasteiger partial charge in [0.15, 0.2) is 5.69 Å². The Labute approximate surface area is 107 Å². The van der Waals surface area contributed by atoms with Crippen molar-refractivity contribution in [2.24, 2.45) is 5.92 Å². The predicted molar refractivity (Wildman–Crippen MR) is 69.8 cm³/mol. The molecule has 3 N–H and O–H groups in total. The van der Waals surface area contributed by atoms with E-state index in [1.165, 1.54) is 6.07 Å². The minimum atomic E-state index is -1.03. The zero-order valence-electron chi connectivity index (χ0n) is 10.8. The van der Waals surface area contributed by atoms with Crippen LogP contribution < -0.4 is 5.32 Å². The van der Waals surface area contributed by atoms with Crippen LogP contribution in [-0.2, 0) is 0 Å². The summed E-state index contributed by atoms with van der Waals surface area (Å²) in [5, 5.41) is 21.1. The normalized spacial score (nSPS) is 13.9. The van der Waals surface area contributed by atoms with Crippen molar-refractivity contribution < 1.29 is 15.0 Å². The Balaban J connectivity index is 2.69. The number of carboxylic acids is 1. The highest BCUT2D eigenvalue weighted by Crippen LogP contribution is 2.14. The molecule has 5 nitrogen and oxygen atoms in total. The van der Waals surface area contributed by atoms with Crippen molar-refractivity contribution in [2.45, 2.75) is 32.7 Å². The van der Waals surface area contributed by atoms with E-state index in [1.54, 1.807) is 12.1 Å². The van der Waals surface area contributed by atoms with E-state index in [-0.39, 0.29) is 24.3 Å². The standard InChI is InChI=1S/C13H20N2O3/c1-3-10(7-9(2)8-16)14-12-6-4-5-11(15-12)13(17)18/h4-6,9-10,16H,3,7-8H2,1-2H3,(H,14,15)(H,17,18). The number of rotatable bonds is 7. The maximum Gasteiger partial charge on any atom is 0.354 e. The Morgan fingerprint density at radius 2 is 2.22 bits per heavy atom. The fourth-order valence-electron chi connectivity index (χ4n) is 1.73. The van der Waals surface area contributed by atoms with Crippen molar-refractivity contribution in [3.63, 3.8) is 0 Å². The predicted octanol–water partition coefficient (Wildman–Crippen LogP) is 1.99. The number of carboxylic acid groups (broad SMARTS) is 1. The maximum absolute atomic E-state index is 10.8. The van der Waals surface area contributed by atoms with Crippen LogP contribution in [0.5, 0.6) is 0 Å². The highest BCUT2D eigenvalue weighted by molar-refractivity contribution is 5.85. The summed E-state index contributed by atoms with van der Waals surface area (Å²) in [5.74, 6) is -0.257. The Kier molecular flexibility index (Phi) is 5.58. The number of hydrogen-bond donors (Lipinski definition) is 3. The molecule has 100 valence electrons. The van der Waals surface area contributed by atoms with Crippen molar-refractivity contribution in [2.75, 3.05) is 11.9 Å². The van der Waals surface area contributed by atoms with E-state index >= 15 is 0 Å². The molecule has 1 rings (SSSR count). The number of nitrogens with one attached hydrogen (secondary N) is 1. The summed E-state index contributed by atoms with van der Waals surface area (Å²) < 4.78 is 0. The number of aromatic nitrogens is 1. The number of pyridine rings is 1. The molecule has 0 saturated carbocycles. The molecular weight excluding hydrogens is 232 g/mol. The van der Waals surface area contributed by atoms with Gasteiger partial charge in [0, 0.05) is 12.6 Å². The SMILES string of the molecule is CCC(CC(C)CO)Nc1cccc(C(=O)O)n1. The third-order valence-electron chi connectivity index (χ3n) is 2.81. The van der Waals surface area contributed by atoms with E-state index in [0.29, 0.717) is 5.82 Å². The van der Waals surface area contributed by atoms with Crippen molar-refractivity contribution in [3.05, 3.63) is 23.9 Å². The molecule has 0 aliphatic rings. The van der Waals surface area contributed by atoms with E-state index in [1.807, 2.05) is 13.8 Å². The molecular formula is C13H20N2O3. The minimum absolute atomic E-state index is 0.0325. The molecule has 5 heteroatoms. The van der Waals surface area contributed by atoms with E-state index in [2.05, 4.69) is 10.3 Å². The van der Waals surface area contributed by atoms with Gasteiger partial charge >= 0.3 is 5.97 Å². The third kappa shape index (κ3) is 4.33. The second-order valence-corrected chi connectivity index (χ2v) is 4.49. The lowest BCUT2D eigenvalue weighted by Crippen LogP contribution is -2.23. The zero-order chi connectivity index (χ0) is 13.5. The average molecular weight is 252 g/mol. The monoisotopic (exact) mass is 252 g/mol. The van der Waals surface area contributed by atoms with Gasteiger partial charge in [0.25, 0.3) is 0 Å². The number of anilines is 1. The molecule has 0 aliphatic heterocycles. The summed E-state index contributed by atoms with van der Waals surface area (Å²) in [6.45, 7) is 4.18. The third-order valence-corrected chi connectivity index (χ3v) is 2.81. The largest absolute Gasteiger partial charge is 0.477 e. The van der Waals surface area contributed by atoms with Crippen LogP contribution in [0.15, 0.2) is 18.2 Å². The topological polar surface area (TPSA) is 82.5 Å². The van der Waals surface area contributed by atoms with Crippen molar-refractivity contribution in [1.29, 1.82) is 0 Å². The summed E-state index contributed by atoms with van der Waals surface area (Å²) in [6, 6.07) is 5.06. The molecule has 0 radical (unpaired) electrons. The first-order valence-electron chi connectivity index (χ1n) is 6.14. The minimum Gasteiger partial charge on any atom is -0.477 e. The van der Waals surface area contributed by atoms with Crippen LogP contribution in [0.25, 0.3) is 0 Å². The van der Waals surface area contributed by atoms with Crippen LogP contribution in [0.1, 0.15) is 37.2 Å². The Bertz CT molecular complexity index is 396. The van der Waals surface area contributed by atoms with Gasteiger partial charge in [0.2, 0.25) is 0 Å². The summed E-state index contributed by atoms with van der Waals surface area (Å²) in [5.41, 5.74) is 0.0325. The fraction of sp³-hybridized carbons (Fsp3) is 0.538. The second-order valence-electron chi connectivity index (χ2n) is 4.49. The molecule has 0 aromatic carbocycles. The molecule has 0 aliphatic carbocycles. The molecule has 2 unspecified atom stereocenters. The molecule has 0 saturated heterocycles. The lowest BCUT2D eigenvalue weighted by atomic mass is 10.0. The van der Waals surface area contributed by atoms with Crippen LogP contribution in [0.2, 0.25) is 0 Å². The first-order chi connectivity index (χ1) is 8.56. The van der Waals surface area contributed by atoms with Gasteiger partial charge in [-0.15, -0.1) is 0 Å². The molecule has 0 amide bonds. The van der Waals surface area contributed by atoms with Crippen molar-refractivity contribution in [3.8, 4) is 0 Å². The van der Waals surface area contributed by atoms with Gasteiger partial charge in [-0.25, -0.2) is 9.78 Å². The first kappa shape index (κ1) is 14.4. The molecule has 0 bridgehead atoms. The Morgan fingerprint density at radius 3 is 2.78 bits per heavy atom. The average Bonchev–Trinajstić information content (AvgIpc) is 2.38. The highest BCUT2D eigenvalue weighted by Gasteiger charge is 2.12. The quantitative estimate of drug-likeness (QED) is 0.691. The van der Waals surface area contributed by atoms with Crippen LogP contribution in [-0.4, -0.2) is 33.8 Å². The highest BCUT2D eigenvalue weighted by atomic mass is 16.4. The molecule has 1 heterocycles. The van der Waals surface area contributed by atoms with Crippen LogP contribution in [0.3, 0.4) is 0 Å². The number of aliphatic hydroxyl groups is 1. The van der Waals surface area contributed by atoms with Gasteiger partial charge in [-0.2, -0.15) is 0 Å². The summed E-state index contributed by atoms with van der Waals surface area (Å²) in [4.78, 5) is 14.8. The zero-order valence-corrected chi connectivity index (χ0v) is 10.8. The van der Waals surface area contributed by atoms with Crippen LogP contribution in [0, 0.1) is 5.92 Å². The van der Waals surface area contributed by atoms with E-state index in [9.17, 15) is 4.79 Å². The van der Waals surface area contributed by atoms with E-state index in [4.69, 9.17) is 10.2 Å². The number of hydrogen-bond acceptors (Lipinski definition) is 4. The van der Waals surface area contributed by atoms with Gasteiger partial charge in [-0.05, 0) is 30.9 Å². The molecule has 0 fully saturated rings. The van der Waals surface area contributed by atoms with Gasteiger partial charge in [0.05, 0.1) is 0 Å². The smallest absolute Gasteiger partial charge is 0.354 e. The van der Waals surface area contributed by atoms with Gasteiger partial charge in [-0.3, -0.25) is 0 Å². The lowest BCUT2D eigenvalue weighted by molar-refractivity contribution is 0.0690. The first-order valence-corrected chi connectivity index (χ1v) is 6.14. The lowest BCUT2D eigenvalue weighted by Gasteiger charge is -2.20. The molecule has 1 aromatic heterocycles. The van der Waals surface area contributed by atoms with E-state index in [0.717, 1.165) is 12.8 Å². The van der Waals surface area contributed by atoms with E-state index < -0.39 is 5.97 Å².